The van der Waals surface area contributed by atoms with Crippen molar-refractivity contribution in [1.82, 2.24) is 5.32 Å². The zero-order chi connectivity index (χ0) is 11.8. The van der Waals surface area contributed by atoms with Gasteiger partial charge in [-0.15, -0.1) is 0 Å². The molecule has 4 nitrogen and oxygen atoms in total. The molecule has 2 aliphatic heterocycles. The van der Waals surface area contributed by atoms with Crippen LogP contribution in [0.1, 0.15) is 31.1 Å². The van der Waals surface area contributed by atoms with E-state index < -0.39 is 0 Å². The van der Waals surface area contributed by atoms with Gasteiger partial charge in [0.2, 0.25) is 6.79 Å². The quantitative estimate of drug-likeness (QED) is 0.869. The van der Waals surface area contributed by atoms with E-state index in [0.717, 1.165) is 23.6 Å². The minimum absolute atomic E-state index is 0.127. The normalized spacial score (nSPS) is 21.0. The molecule has 1 N–H and O–H groups in total. The largest absolute Gasteiger partial charge is 0.454 e. The van der Waals surface area contributed by atoms with Crippen molar-refractivity contribution in [3.63, 3.8) is 0 Å². The van der Waals surface area contributed by atoms with Gasteiger partial charge in [0.1, 0.15) is 0 Å². The third kappa shape index (κ3) is 1.87. The van der Waals surface area contributed by atoms with Gasteiger partial charge in [0.25, 0.3) is 0 Å². The van der Waals surface area contributed by atoms with Crippen LogP contribution in [0.3, 0.4) is 0 Å². The molecule has 2 heterocycles. The maximum Gasteiger partial charge on any atom is 0.231 e. The lowest BCUT2D eigenvalue weighted by atomic mass is 10.0. The summed E-state index contributed by atoms with van der Waals surface area (Å²) in [5, 5.41) is 3.40. The van der Waals surface area contributed by atoms with Crippen LogP contribution in [0.15, 0.2) is 12.1 Å². The second-order valence-corrected chi connectivity index (χ2v) is 4.73. The lowest BCUT2D eigenvalue weighted by Gasteiger charge is -2.14. The summed E-state index contributed by atoms with van der Waals surface area (Å²) >= 11 is 0. The molecule has 0 aromatic heterocycles. The molecule has 0 saturated carbocycles. The number of nitrogens with one attached hydrogen (secondary N) is 1. The van der Waals surface area contributed by atoms with E-state index >= 15 is 0 Å². The van der Waals surface area contributed by atoms with Crippen molar-refractivity contribution in [1.29, 1.82) is 0 Å². The minimum atomic E-state index is 0.127. The Labute approximate surface area is 101 Å². The van der Waals surface area contributed by atoms with Crippen molar-refractivity contribution in [2.45, 2.75) is 32.6 Å². The fraction of sp³-hybridized carbons (Fsp3) is 0.538. The zero-order valence-corrected chi connectivity index (χ0v) is 10.2. The van der Waals surface area contributed by atoms with Crippen LogP contribution < -0.4 is 14.8 Å². The number of rotatable bonds is 3. The second kappa shape index (κ2) is 4.20. The van der Waals surface area contributed by atoms with Gasteiger partial charge in [-0.25, -0.2) is 0 Å². The van der Waals surface area contributed by atoms with E-state index in [-0.39, 0.29) is 6.10 Å². The summed E-state index contributed by atoms with van der Waals surface area (Å²) in [6.45, 7) is 6.04. The number of fused-ring (bicyclic) bond motifs is 3. The first-order chi connectivity index (χ1) is 8.25. The molecular weight excluding hydrogens is 218 g/mol. The third-order valence-corrected chi connectivity index (χ3v) is 3.17. The van der Waals surface area contributed by atoms with Gasteiger partial charge in [0.15, 0.2) is 11.5 Å². The molecular formula is C13H17NO3. The highest BCUT2D eigenvalue weighted by molar-refractivity contribution is 5.53. The molecule has 17 heavy (non-hydrogen) atoms. The Morgan fingerprint density at radius 2 is 2.24 bits per heavy atom. The highest BCUT2D eigenvalue weighted by atomic mass is 16.7. The first kappa shape index (κ1) is 10.9. The van der Waals surface area contributed by atoms with E-state index in [4.69, 9.17) is 14.2 Å². The molecule has 1 aromatic rings. The molecule has 0 spiro atoms. The Bertz CT molecular complexity index is 431. The van der Waals surface area contributed by atoms with Crippen LogP contribution in [0, 0.1) is 0 Å². The molecule has 2 aliphatic rings. The molecule has 1 aromatic carbocycles. The number of benzene rings is 1. The van der Waals surface area contributed by atoms with Crippen molar-refractivity contribution in [2.24, 2.45) is 0 Å². The molecule has 92 valence electrons. The smallest absolute Gasteiger partial charge is 0.231 e. The molecule has 4 heteroatoms. The van der Waals surface area contributed by atoms with Gasteiger partial charge in [0.05, 0.1) is 12.7 Å². The molecule has 0 bridgehead atoms. The fourth-order valence-electron chi connectivity index (χ4n) is 2.28. The molecule has 3 rings (SSSR count). The van der Waals surface area contributed by atoms with Crippen LogP contribution >= 0.6 is 0 Å². The molecule has 1 atom stereocenters. The first-order valence-electron chi connectivity index (χ1n) is 6.02. The zero-order valence-electron chi connectivity index (χ0n) is 10.2. The average molecular weight is 235 g/mol. The van der Waals surface area contributed by atoms with Crippen molar-refractivity contribution in [3.8, 4) is 11.5 Å². The lowest BCUT2D eigenvalue weighted by Crippen LogP contribution is -2.27. The summed E-state index contributed by atoms with van der Waals surface area (Å²) in [6, 6.07) is 4.53. The summed E-state index contributed by atoms with van der Waals surface area (Å²) in [5.74, 6) is 1.71. The summed E-state index contributed by atoms with van der Waals surface area (Å²) in [7, 11) is 0. The predicted molar refractivity (Wildman–Crippen MR) is 63.2 cm³/mol. The number of hydrogen-bond donors (Lipinski definition) is 1. The summed E-state index contributed by atoms with van der Waals surface area (Å²) in [4.78, 5) is 0. The van der Waals surface area contributed by atoms with Crippen LogP contribution in [-0.4, -0.2) is 19.4 Å². The van der Waals surface area contributed by atoms with Crippen LogP contribution in [0.25, 0.3) is 0 Å². The fourth-order valence-corrected chi connectivity index (χ4v) is 2.28. The Balaban J connectivity index is 1.83. The second-order valence-electron chi connectivity index (χ2n) is 4.73. The maximum absolute atomic E-state index is 5.80. The standard InChI is InChI=1S/C13H17NO3/c1-8(2)14-5-12-9-3-4-11-13(17-7-16-11)10(9)6-15-12/h3-4,8,12,14H,5-7H2,1-2H3. The molecule has 1 unspecified atom stereocenters. The van der Waals surface area contributed by atoms with Crippen LogP contribution in [0.5, 0.6) is 11.5 Å². The van der Waals surface area contributed by atoms with E-state index in [1.165, 1.54) is 5.56 Å². The van der Waals surface area contributed by atoms with Crippen molar-refractivity contribution >= 4 is 0 Å². The highest BCUT2D eigenvalue weighted by Gasteiger charge is 2.30. The van der Waals surface area contributed by atoms with Crippen LogP contribution in [0.2, 0.25) is 0 Å². The number of hydrogen-bond acceptors (Lipinski definition) is 4. The van der Waals surface area contributed by atoms with Crippen molar-refractivity contribution < 1.29 is 14.2 Å². The lowest BCUT2D eigenvalue weighted by molar-refractivity contribution is 0.0638. The van der Waals surface area contributed by atoms with Gasteiger partial charge in [-0.1, -0.05) is 19.9 Å². The van der Waals surface area contributed by atoms with Gasteiger partial charge in [-0.2, -0.15) is 0 Å². The van der Waals surface area contributed by atoms with Gasteiger partial charge < -0.3 is 19.5 Å². The van der Waals surface area contributed by atoms with E-state index in [1.54, 1.807) is 0 Å². The monoisotopic (exact) mass is 235 g/mol. The van der Waals surface area contributed by atoms with E-state index in [9.17, 15) is 0 Å². The Morgan fingerprint density at radius 3 is 3.06 bits per heavy atom. The summed E-state index contributed by atoms with van der Waals surface area (Å²) in [6.07, 6.45) is 0.127. The average Bonchev–Trinajstić information content (AvgIpc) is 2.91. The number of ether oxygens (including phenoxy) is 3. The summed E-state index contributed by atoms with van der Waals surface area (Å²) in [5.41, 5.74) is 2.37. The minimum Gasteiger partial charge on any atom is -0.454 e. The Kier molecular flexibility index (Phi) is 2.68. The SMILES string of the molecule is CC(C)NCC1OCc2c1ccc1c2OCO1. The first-order valence-corrected chi connectivity index (χ1v) is 6.02. The molecule has 0 aliphatic carbocycles. The Hall–Kier alpha value is -1.26. The Morgan fingerprint density at radius 1 is 1.35 bits per heavy atom. The van der Waals surface area contributed by atoms with Gasteiger partial charge in [-0.05, 0) is 11.6 Å². The third-order valence-electron chi connectivity index (χ3n) is 3.17. The predicted octanol–water partition coefficient (Wildman–Crippen LogP) is 1.98. The molecule has 0 amide bonds. The van der Waals surface area contributed by atoms with Crippen molar-refractivity contribution in [2.75, 3.05) is 13.3 Å². The molecule has 0 radical (unpaired) electrons. The topological polar surface area (TPSA) is 39.7 Å². The van der Waals surface area contributed by atoms with E-state index in [0.29, 0.717) is 19.4 Å². The maximum atomic E-state index is 5.80. The molecule has 0 saturated heterocycles. The molecule has 0 fully saturated rings. The summed E-state index contributed by atoms with van der Waals surface area (Å²) < 4.78 is 16.7. The van der Waals surface area contributed by atoms with E-state index in [1.807, 2.05) is 6.07 Å². The van der Waals surface area contributed by atoms with E-state index in [2.05, 4.69) is 25.2 Å². The van der Waals surface area contributed by atoms with Crippen LogP contribution in [-0.2, 0) is 11.3 Å². The van der Waals surface area contributed by atoms with Gasteiger partial charge in [-0.3, -0.25) is 0 Å². The highest BCUT2D eigenvalue weighted by Crippen LogP contribution is 2.43. The van der Waals surface area contributed by atoms with Gasteiger partial charge >= 0.3 is 0 Å². The van der Waals surface area contributed by atoms with Gasteiger partial charge in [0, 0.05) is 18.2 Å². The van der Waals surface area contributed by atoms with Crippen molar-refractivity contribution in [3.05, 3.63) is 23.3 Å². The van der Waals surface area contributed by atoms with Crippen LogP contribution in [0.4, 0.5) is 0 Å².